The Labute approximate surface area is 115 Å². The van der Waals surface area contributed by atoms with Crippen LogP contribution in [0.3, 0.4) is 0 Å². The van der Waals surface area contributed by atoms with Gasteiger partial charge >= 0.3 is 0 Å². The summed E-state index contributed by atoms with van der Waals surface area (Å²) in [6.07, 6.45) is 0. The zero-order chi connectivity index (χ0) is 13.8. The first kappa shape index (κ1) is 14.7. The van der Waals surface area contributed by atoms with Gasteiger partial charge in [-0.05, 0) is 21.1 Å². The zero-order valence-electron chi connectivity index (χ0n) is 12.2. The molecule has 0 bridgehead atoms. The molecule has 0 saturated carbocycles. The van der Waals surface area contributed by atoms with E-state index in [1.807, 2.05) is 7.05 Å². The molecule has 0 radical (unpaired) electrons. The molecule has 2 aliphatic heterocycles. The van der Waals surface area contributed by atoms with Crippen molar-refractivity contribution >= 4 is 5.91 Å². The minimum absolute atomic E-state index is 0.0587. The van der Waals surface area contributed by atoms with Crippen molar-refractivity contribution in [1.82, 2.24) is 20.4 Å². The van der Waals surface area contributed by atoms with Crippen molar-refractivity contribution in [2.24, 2.45) is 5.92 Å². The maximum atomic E-state index is 12.2. The van der Waals surface area contributed by atoms with Crippen LogP contribution in [0.5, 0.6) is 0 Å². The van der Waals surface area contributed by atoms with Crippen molar-refractivity contribution in [3.8, 4) is 0 Å². The molecular weight excluding hydrogens is 244 g/mol. The quantitative estimate of drug-likeness (QED) is 0.657. The smallest absolute Gasteiger partial charge is 0.227 e. The number of hydrogen-bond donors (Lipinski definition) is 2. The lowest BCUT2D eigenvalue weighted by atomic mass is 10.0. The lowest BCUT2D eigenvalue weighted by Crippen LogP contribution is -2.55. The van der Waals surface area contributed by atoms with Crippen LogP contribution >= 0.6 is 0 Å². The third kappa shape index (κ3) is 3.66. The number of carbonyl (C=O) groups is 1. The van der Waals surface area contributed by atoms with Crippen molar-refractivity contribution < 1.29 is 9.53 Å². The van der Waals surface area contributed by atoms with E-state index in [4.69, 9.17) is 4.74 Å². The van der Waals surface area contributed by atoms with Crippen molar-refractivity contribution in [1.29, 1.82) is 0 Å². The largest absolute Gasteiger partial charge is 0.379 e. The zero-order valence-corrected chi connectivity index (χ0v) is 12.2. The summed E-state index contributed by atoms with van der Waals surface area (Å²) < 4.78 is 5.37. The van der Waals surface area contributed by atoms with Gasteiger partial charge in [0.15, 0.2) is 0 Å². The minimum atomic E-state index is -0.0587. The number of nitrogens with one attached hydrogen (secondary N) is 2. The number of rotatable bonds is 4. The Morgan fingerprint density at radius 2 is 2.11 bits per heavy atom. The van der Waals surface area contributed by atoms with E-state index in [0.717, 1.165) is 19.6 Å². The summed E-state index contributed by atoms with van der Waals surface area (Å²) in [5, 5.41) is 6.23. The number of piperazine rings is 1. The third-order valence-corrected chi connectivity index (χ3v) is 4.28. The highest BCUT2D eigenvalue weighted by atomic mass is 16.5. The molecule has 2 heterocycles. The van der Waals surface area contributed by atoms with E-state index in [9.17, 15) is 4.79 Å². The summed E-state index contributed by atoms with van der Waals surface area (Å²) in [7, 11) is 6.13. The summed E-state index contributed by atoms with van der Waals surface area (Å²) in [6, 6.07) is 0.546. The molecule has 0 aromatic rings. The average Bonchev–Trinajstić information content (AvgIpc) is 2.88. The second-order valence-corrected chi connectivity index (χ2v) is 5.68. The van der Waals surface area contributed by atoms with E-state index in [2.05, 4.69) is 34.5 Å². The molecule has 0 aliphatic carbocycles. The topological polar surface area (TPSA) is 56.8 Å². The van der Waals surface area contributed by atoms with E-state index < -0.39 is 0 Å². The second-order valence-electron chi connectivity index (χ2n) is 5.68. The van der Waals surface area contributed by atoms with Gasteiger partial charge in [-0.3, -0.25) is 9.69 Å². The molecule has 19 heavy (non-hydrogen) atoms. The van der Waals surface area contributed by atoms with Gasteiger partial charge in [0.05, 0.1) is 19.1 Å². The highest BCUT2D eigenvalue weighted by molar-refractivity contribution is 5.79. The summed E-state index contributed by atoms with van der Waals surface area (Å²) in [6.45, 7) is 5.03. The SMILES string of the molecule is CNC1COCC1C(=O)NCC1CN(C)CCN1C. The monoisotopic (exact) mass is 270 g/mol. The molecule has 1 amide bonds. The van der Waals surface area contributed by atoms with Crippen LogP contribution in [0.1, 0.15) is 0 Å². The molecule has 3 unspecified atom stereocenters. The van der Waals surface area contributed by atoms with Gasteiger partial charge in [-0.15, -0.1) is 0 Å². The lowest BCUT2D eigenvalue weighted by Gasteiger charge is -2.37. The van der Waals surface area contributed by atoms with Gasteiger partial charge in [-0.1, -0.05) is 0 Å². The predicted octanol–water partition coefficient (Wildman–Crippen LogP) is -1.42. The minimum Gasteiger partial charge on any atom is -0.379 e. The molecule has 2 saturated heterocycles. The van der Waals surface area contributed by atoms with Crippen molar-refractivity contribution in [3.05, 3.63) is 0 Å². The second kappa shape index (κ2) is 6.65. The molecule has 0 aromatic carbocycles. The molecule has 6 nitrogen and oxygen atoms in total. The normalized spacial score (nSPS) is 33.5. The lowest BCUT2D eigenvalue weighted by molar-refractivity contribution is -0.125. The van der Waals surface area contributed by atoms with Crippen LogP contribution in [0, 0.1) is 5.92 Å². The van der Waals surface area contributed by atoms with E-state index in [0.29, 0.717) is 25.8 Å². The van der Waals surface area contributed by atoms with E-state index in [1.54, 1.807) is 0 Å². The number of nitrogens with zero attached hydrogens (tertiary/aromatic N) is 2. The fourth-order valence-electron chi connectivity index (χ4n) is 2.77. The van der Waals surface area contributed by atoms with Crippen LogP contribution in [0.2, 0.25) is 0 Å². The molecule has 110 valence electrons. The van der Waals surface area contributed by atoms with Gasteiger partial charge in [0.25, 0.3) is 0 Å². The van der Waals surface area contributed by atoms with Crippen LogP contribution < -0.4 is 10.6 Å². The standard InChI is InChI=1S/C13H26N4O2/c1-14-12-9-19-8-11(12)13(18)15-6-10-7-16(2)4-5-17(10)3/h10-12,14H,4-9H2,1-3H3,(H,15,18). The molecule has 6 heteroatoms. The third-order valence-electron chi connectivity index (χ3n) is 4.28. The maximum Gasteiger partial charge on any atom is 0.227 e. The van der Waals surface area contributed by atoms with Gasteiger partial charge in [0.2, 0.25) is 5.91 Å². The Bertz CT molecular complexity index is 313. The summed E-state index contributed by atoms with van der Waals surface area (Å²) >= 11 is 0. The highest BCUT2D eigenvalue weighted by Gasteiger charge is 2.33. The van der Waals surface area contributed by atoms with Crippen LogP contribution in [-0.2, 0) is 9.53 Å². The molecule has 0 aromatic heterocycles. The number of amides is 1. The first-order valence-electron chi connectivity index (χ1n) is 7.03. The van der Waals surface area contributed by atoms with Crippen LogP contribution in [0.15, 0.2) is 0 Å². The van der Waals surface area contributed by atoms with Crippen LogP contribution in [-0.4, -0.2) is 88.3 Å². The Morgan fingerprint density at radius 3 is 2.84 bits per heavy atom. The fourth-order valence-corrected chi connectivity index (χ4v) is 2.77. The molecule has 2 N–H and O–H groups in total. The predicted molar refractivity (Wildman–Crippen MR) is 74.1 cm³/mol. The van der Waals surface area contributed by atoms with Crippen LogP contribution in [0.25, 0.3) is 0 Å². The Hall–Kier alpha value is -0.690. The van der Waals surface area contributed by atoms with Gasteiger partial charge in [0, 0.05) is 38.3 Å². The summed E-state index contributed by atoms with van der Waals surface area (Å²) in [5.74, 6) is 0.0510. The number of likely N-dealkylation sites (N-methyl/N-ethyl adjacent to an activating group) is 3. The molecule has 3 atom stereocenters. The summed E-state index contributed by atoms with van der Waals surface area (Å²) in [5.41, 5.74) is 0. The first-order chi connectivity index (χ1) is 9.11. The maximum absolute atomic E-state index is 12.2. The Balaban J connectivity index is 1.79. The summed E-state index contributed by atoms with van der Waals surface area (Å²) in [4.78, 5) is 16.8. The number of carbonyl (C=O) groups excluding carboxylic acids is 1. The first-order valence-corrected chi connectivity index (χ1v) is 7.03. The molecular formula is C13H26N4O2. The van der Waals surface area contributed by atoms with E-state index in [1.165, 1.54) is 0 Å². The molecule has 2 aliphatic rings. The Morgan fingerprint density at radius 1 is 1.32 bits per heavy atom. The van der Waals surface area contributed by atoms with E-state index >= 15 is 0 Å². The molecule has 2 rings (SSSR count). The van der Waals surface area contributed by atoms with Crippen molar-refractivity contribution in [3.63, 3.8) is 0 Å². The van der Waals surface area contributed by atoms with E-state index in [-0.39, 0.29) is 17.9 Å². The molecule has 0 spiro atoms. The number of ether oxygens (including phenoxy) is 1. The average molecular weight is 270 g/mol. The Kier molecular flexibility index (Phi) is 5.15. The van der Waals surface area contributed by atoms with Gasteiger partial charge in [0.1, 0.15) is 0 Å². The fraction of sp³-hybridized carbons (Fsp3) is 0.923. The highest BCUT2D eigenvalue weighted by Crippen LogP contribution is 2.13. The van der Waals surface area contributed by atoms with Gasteiger partial charge < -0.3 is 20.3 Å². The van der Waals surface area contributed by atoms with Crippen molar-refractivity contribution in [2.75, 3.05) is 60.5 Å². The molecule has 2 fully saturated rings. The van der Waals surface area contributed by atoms with Crippen LogP contribution in [0.4, 0.5) is 0 Å². The number of hydrogen-bond acceptors (Lipinski definition) is 5. The van der Waals surface area contributed by atoms with Gasteiger partial charge in [-0.2, -0.15) is 0 Å². The van der Waals surface area contributed by atoms with Gasteiger partial charge in [-0.25, -0.2) is 0 Å². The van der Waals surface area contributed by atoms with Crippen molar-refractivity contribution in [2.45, 2.75) is 12.1 Å².